The predicted molar refractivity (Wildman–Crippen MR) is 79.1 cm³/mol. The lowest BCUT2D eigenvalue weighted by molar-refractivity contribution is 0.0731. The van der Waals surface area contributed by atoms with Gasteiger partial charge in [0.1, 0.15) is 5.82 Å². The molecule has 0 saturated carbocycles. The molecule has 1 aliphatic rings. The minimum absolute atomic E-state index is 0.224. The number of morpholine rings is 1. The fraction of sp³-hybridized carbons (Fsp3) is 0.571. The largest absolute Gasteiger partial charge is 0.382 e. The normalized spacial score (nSPS) is 21.2. The zero-order valence-corrected chi connectivity index (χ0v) is 12.9. The molecule has 0 aliphatic carbocycles. The Morgan fingerprint density at radius 1 is 1.58 bits per heavy atom. The lowest BCUT2D eigenvalue weighted by Crippen LogP contribution is -2.43. The number of nitrogens with one attached hydrogen (secondary N) is 2. The smallest absolute Gasteiger partial charge is 0.137 e. The van der Waals surface area contributed by atoms with Crippen molar-refractivity contribution < 1.29 is 9.13 Å². The summed E-state index contributed by atoms with van der Waals surface area (Å²) in [5.74, 6) is -0.224. The van der Waals surface area contributed by atoms with Crippen LogP contribution >= 0.6 is 15.9 Å². The van der Waals surface area contributed by atoms with Crippen LogP contribution in [-0.4, -0.2) is 31.8 Å². The van der Waals surface area contributed by atoms with Crippen molar-refractivity contribution in [1.82, 2.24) is 5.32 Å². The first-order valence-electron chi connectivity index (χ1n) is 6.59. The van der Waals surface area contributed by atoms with E-state index in [4.69, 9.17) is 4.74 Å². The first-order chi connectivity index (χ1) is 9.06. The lowest BCUT2D eigenvalue weighted by Gasteiger charge is -2.27. The number of anilines is 1. The Morgan fingerprint density at radius 2 is 2.37 bits per heavy atom. The molecule has 106 valence electrons. The van der Waals surface area contributed by atoms with E-state index >= 15 is 0 Å². The lowest BCUT2D eigenvalue weighted by atomic mass is 10.1. The van der Waals surface area contributed by atoms with E-state index in [0.717, 1.165) is 37.4 Å². The summed E-state index contributed by atoms with van der Waals surface area (Å²) in [6.45, 7) is 6.51. The fourth-order valence-corrected chi connectivity index (χ4v) is 2.67. The summed E-state index contributed by atoms with van der Waals surface area (Å²) in [5.41, 5.74) is 1.89. The summed E-state index contributed by atoms with van der Waals surface area (Å²) in [6.07, 6.45) is 0.981. The molecule has 0 radical (unpaired) electrons. The van der Waals surface area contributed by atoms with Crippen molar-refractivity contribution in [3.8, 4) is 0 Å². The van der Waals surface area contributed by atoms with Gasteiger partial charge >= 0.3 is 0 Å². The standard InChI is InChI=1S/C14H20BrFN2O/c1-9-5-13(16)12(15)7-14(9)18-10(2)6-11-8-19-4-3-17-11/h5,7,10-11,17-18H,3-4,6,8H2,1-2H3. The number of hydrogen-bond acceptors (Lipinski definition) is 3. The van der Waals surface area contributed by atoms with Crippen LogP contribution in [0.5, 0.6) is 0 Å². The molecule has 1 saturated heterocycles. The molecule has 2 rings (SSSR count). The van der Waals surface area contributed by atoms with Crippen LogP contribution in [0.3, 0.4) is 0 Å². The molecule has 2 N–H and O–H groups in total. The Balaban J connectivity index is 1.94. The minimum atomic E-state index is -0.224. The second kappa shape index (κ2) is 6.68. The van der Waals surface area contributed by atoms with Gasteiger partial charge in [0.25, 0.3) is 0 Å². The number of benzene rings is 1. The SMILES string of the molecule is Cc1cc(F)c(Br)cc1NC(C)CC1COCCN1. The molecule has 2 atom stereocenters. The van der Waals surface area contributed by atoms with Crippen molar-refractivity contribution in [2.24, 2.45) is 0 Å². The third-order valence-corrected chi connectivity index (χ3v) is 3.91. The Labute approximate surface area is 122 Å². The molecule has 0 amide bonds. The quantitative estimate of drug-likeness (QED) is 0.890. The maximum Gasteiger partial charge on any atom is 0.137 e. The van der Waals surface area contributed by atoms with Gasteiger partial charge in [0.05, 0.1) is 17.7 Å². The van der Waals surface area contributed by atoms with Gasteiger partial charge < -0.3 is 15.4 Å². The average Bonchev–Trinajstić information content (AvgIpc) is 2.37. The maximum atomic E-state index is 13.4. The predicted octanol–water partition coefficient (Wildman–Crippen LogP) is 3.08. The van der Waals surface area contributed by atoms with Crippen molar-refractivity contribution in [3.63, 3.8) is 0 Å². The van der Waals surface area contributed by atoms with Crippen LogP contribution in [0.2, 0.25) is 0 Å². The third-order valence-electron chi connectivity index (χ3n) is 3.31. The molecule has 1 fully saturated rings. The number of rotatable bonds is 4. The molecule has 0 aromatic heterocycles. The van der Waals surface area contributed by atoms with Gasteiger partial charge in [0.2, 0.25) is 0 Å². The summed E-state index contributed by atoms with van der Waals surface area (Å²) in [4.78, 5) is 0. The molecular formula is C14H20BrFN2O. The molecule has 1 aliphatic heterocycles. The first-order valence-corrected chi connectivity index (χ1v) is 7.39. The highest BCUT2D eigenvalue weighted by Crippen LogP contribution is 2.25. The Bertz CT molecular complexity index is 436. The molecule has 19 heavy (non-hydrogen) atoms. The fourth-order valence-electron chi connectivity index (χ4n) is 2.32. The van der Waals surface area contributed by atoms with E-state index in [-0.39, 0.29) is 5.82 Å². The molecule has 2 unspecified atom stereocenters. The van der Waals surface area contributed by atoms with Crippen LogP contribution < -0.4 is 10.6 Å². The first kappa shape index (κ1) is 14.8. The van der Waals surface area contributed by atoms with Crippen molar-refractivity contribution in [2.45, 2.75) is 32.4 Å². The number of halogens is 2. The van der Waals surface area contributed by atoms with Gasteiger partial charge in [-0.05, 0) is 53.9 Å². The van der Waals surface area contributed by atoms with Crippen LogP contribution in [-0.2, 0) is 4.74 Å². The van der Waals surface area contributed by atoms with E-state index in [2.05, 4.69) is 33.5 Å². The second-order valence-electron chi connectivity index (χ2n) is 5.09. The van der Waals surface area contributed by atoms with Crippen molar-refractivity contribution >= 4 is 21.6 Å². The van der Waals surface area contributed by atoms with Crippen LogP contribution in [0.1, 0.15) is 18.9 Å². The van der Waals surface area contributed by atoms with E-state index in [0.29, 0.717) is 16.6 Å². The summed E-state index contributed by atoms with van der Waals surface area (Å²) in [6, 6.07) is 4.03. The van der Waals surface area contributed by atoms with E-state index in [1.54, 1.807) is 12.1 Å². The van der Waals surface area contributed by atoms with E-state index in [1.165, 1.54) is 0 Å². The highest BCUT2D eigenvalue weighted by molar-refractivity contribution is 9.10. The van der Waals surface area contributed by atoms with E-state index in [1.807, 2.05) is 6.92 Å². The summed E-state index contributed by atoms with van der Waals surface area (Å²) >= 11 is 3.22. The second-order valence-corrected chi connectivity index (χ2v) is 5.94. The zero-order chi connectivity index (χ0) is 13.8. The number of ether oxygens (including phenoxy) is 1. The van der Waals surface area contributed by atoms with Gasteiger partial charge in [-0.1, -0.05) is 0 Å². The average molecular weight is 331 g/mol. The molecule has 1 heterocycles. The summed E-state index contributed by atoms with van der Waals surface area (Å²) in [7, 11) is 0. The highest BCUT2D eigenvalue weighted by Gasteiger charge is 2.17. The van der Waals surface area contributed by atoms with Crippen LogP contribution in [0, 0.1) is 12.7 Å². The van der Waals surface area contributed by atoms with E-state index < -0.39 is 0 Å². The van der Waals surface area contributed by atoms with Crippen molar-refractivity contribution in [2.75, 3.05) is 25.1 Å². The van der Waals surface area contributed by atoms with Gasteiger partial charge in [-0.3, -0.25) is 0 Å². The third kappa shape index (κ3) is 4.16. The van der Waals surface area contributed by atoms with Crippen LogP contribution in [0.4, 0.5) is 10.1 Å². The number of hydrogen-bond donors (Lipinski definition) is 2. The van der Waals surface area contributed by atoms with Crippen molar-refractivity contribution in [1.29, 1.82) is 0 Å². The van der Waals surface area contributed by atoms with Crippen LogP contribution in [0.15, 0.2) is 16.6 Å². The maximum absolute atomic E-state index is 13.4. The minimum Gasteiger partial charge on any atom is -0.382 e. The van der Waals surface area contributed by atoms with Gasteiger partial charge in [-0.2, -0.15) is 0 Å². The van der Waals surface area contributed by atoms with Gasteiger partial charge in [-0.25, -0.2) is 4.39 Å². The number of aryl methyl sites for hydroxylation is 1. The van der Waals surface area contributed by atoms with Crippen molar-refractivity contribution in [3.05, 3.63) is 28.0 Å². The molecular weight excluding hydrogens is 311 g/mol. The topological polar surface area (TPSA) is 33.3 Å². The summed E-state index contributed by atoms with van der Waals surface area (Å²) in [5, 5.41) is 6.87. The van der Waals surface area contributed by atoms with Gasteiger partial charge in [0.15, 0.2) is 0 Å². The molecule has 0 bridgehead atoms. The Kier molecular flexibility index (Phi) is 5.19. The molecule has 1 aromatic carbocycles. The van der Waals surface area contributed by atoms with Gasteiger partial charge in [-0.15, -0.1) is 0 Å². The summed E-state index contributed by atoms with van der Waals surface area (Å²) < 4.78 is 19.3. The molecule has 0 spiro atoms. The Hall–Kier alpha value is -0.650. The van der Waals surface area contributed by atoms with Gasteiger partial charge in [0, 0.05) is 24.3 Å². The van der Waals surface area contributed by atoms with Crippen LogP contribution in [0.25, 0.3) is 0 Å². The molecule has 5 heteroatoms. The van der Waals surface area contributed by atoms with E-state index in [9.17, 15) is 4.39 Å². The molecule has 3 nitrogen and oxygen atoms in total. The molecule has 1 aromatic rings. The zero-order valence-electron chi connectivity index (χ0n) is 11.3. The highest BCUT2D eigenvalue weighted by atomic mass is 79.9. The Morgan fingerprint density at radius 3 is 3.05 bits per heavy atom. The monoisotopic (exact) mass is 330 g/mol.